The lowest BCUT2D eigenvalue weighted by atomic mass is 10.00. The van der Waals surface area contributed by atoms with Gasteiger partial charge in [0, 0.05) is 30.0 Å². The van der Waals surface area contributed by atoms with Crippen LogP contribution >= 0.6 is 11.3 Å². The van der Waals surface area contributed by atoms with E-state index in [4.69, 9.17) is 4.74 Å². The standard InChI is InChI=1S/C19H22N2O2S/c1-13(21-9-6-18-14(12-21)8-11-24-18)19(22)20-16-7-10-23-17-5-3-2-4-15(16)17/h2-5,8,11,13,16H,6-7,9-10,12H2,1H3,(H,20,22)/t13-,16+/m1/s1. The fourth-order valence-corrected chi connectivity index (χ4v) is 4.44. The number of hydrogen-bond donors (Lipinski definition) is 1. The molecule has 0 aliphatic carbocycles. The van der Waals surface area contributed by atoms with Gasteiger partial charge < -0.3 is 10.1 Å². The van der Waals surface area contributed by atoms with E-state index < -0.39 is 0 Å². The van der Waals surface area contributed by atoms with Crippen LogP contribution in [0.25, 0.3) is 0 Å². The molecule has 4 rings (SSSR count). The Hall–Kier alpha value is -1.85. The third-order valence-corrected chi connectivity index (χ3v) is 6.06. The van der Waals surface area contributed by atoms with Gasteiger partial charge in [-0.1, -0.05) is 18.2 Å². The van der Waals surface area contributed by atoms with Crippen molar-refractivity contribution in [1.82, 2.24) is 10.2 Å². The van der Waals surface area contributed by atoms with Gasteiger partial charge in [-0.3, -0.25) is 9.69 Å². The summed E-state index contributed by atoms with van der Waals surface area (Å²) < 4.78 is 5.68. The molecule has 1 amide bonds. The van der Waals surface area contributed by atoms with E-state index in [1.807, 2.05) is 42.5 Å². The fraction of sp³-hybridized carbons (Fsp3) is 0.421. The van der Waals surface area contributed by atoms with Gasteiger partial charge >= 0.3 is 0 Å². The molecule has 2 aliphatic rings. The molecule has 0 bridgehead atoms. The summed E-state index contributed by atoms with van der Waals surface area (Å²) in [6.45, 7) is 4.49. The Morgan fingerprint density at radius 1 is 1.38 bits per heavy atom. The molecule has 0 spiro atoms. The maximum absolute atomic E-state index is 12.8. The molecule has 0 radical (unpaired) electrons. The number of thiophene rings is 1. The van der Waals surface area contributed by atoms with E-state index in [2.05, 4.69) is 21.7 Å². The Morgan fingerprint density at radius 3 is 3.17 bits per heavy atom. The number of rotatable bonds is 3. The lowest BCUT2D eigenvalue weighted by Crippen LogP contribution is -2.48. The average Bonchev–Trinajstić information content (AvgIpc) is 3.09. The second kappa shape index (κ2) is 6.57. The van der Waals surface area contributed by atoms with E-state index >= 15 is 0 Å². The third kappa shape index (κ3) is 2.94. The molecule has 0 saturated carbocycles. The Morgan fingerprint density at radius 2 is 2.25 bits per heavy atom. The Kier molecular flexibility index (Phi) is 4.29. The van der Waals surface area contributed by atoms with Crippen LogP contribution in [0.3, 0.4) is 0 Å². The van der Waals surface area contributed by atoms with Gasteiger partial charge in [0.1, 0.15) is 5.75 Å². The molecule has 3 heterocycles. The molecular formula is C19H22N2O2S. The topological polar surface area (TPSA) is 41.6 Å². The van der Waals surface area contributed by atoms with E-state index in [1.54, 1.807) is 0 Å². The summed E-state index contributed by atoms with van der Waals surface area (Å²) in [5.41, 5.74) is 2.46. The number of hydrogen-bond acceptors (Lipinski definition) is 4. The second-order valence-corrected chi connectivity index (χ2v) is 7.50. The second-order valence-electron chi connectivity index (χ2n) is 6.50. The lowest BCUT2D eigenvalue weighted by molar-refractivity contribution is -0.127. The smallest absolute Gasteiger partial charge is 0.237 e. The molecule has 126 valence electrons. The predicted molar refractivity (Wildman–Crippen MR) is 95.3 cm³/mol. The van der Waals surface area contributed by atoms with Crippen LogP contribution in [0.5, 0.6) is 5.75 Å². The number of benzene rings is 1. The maximum atomic E-state index is 12.8. The van der Waals surface area contributed by atoms with Crippen molar-refractivity contribution in [2.24, 2.45) is 0 Å². The number of carbonyl (C=O) groups excluding carboxylic acids is 1. The number of carbonyl (C=O) groups is 1. The number of ether oxygens (including phenoxy) is 1. The maximum Gasteiger partial charge on any atom is 0.237 e. The van der Waals surface area contributed by atoms with Crippen LogP contribution in [-0.4, -0.2) is 30.0 Å². The van der Waals surface area contributed by atoms with E-state index in [0.717, 1.165) is 37.2 Å². The Labute approximate surface area is 146 Å². The number of amides is 1. The summed E-state index contributed by atoms with van der Waals surface area (Å²) in [6.07, 6.45) is 1.87. The van der Waals surface area contributed by atoms with Gasteiger partial charge in [-0.2, -0.15) is 0 Å². The molecule has 2 aromatic rings. The highest BCUT2D eigenvalue weighted by Gasteiger charge is 2.29. The van der Waals surface area contributed by atoms with Crippen molar-refractivity contribution in [3.63, 3.8) is 0 Å². The Balaban J connectivity index is 1.43. The first-order valence-electron chi connectivity index (χ1n) is 8.54. The van der Waals surface area contributed by atoms with Crippen LogP contribution in [0.1, 0.15) is 35.4 Å². The Bertz CT molecular complexity index is 742. The van der Waals surface area contributed by atoms with Crippen LogP contribution in [-0.2, 0) is 17.8 Å². The highest BCUT2D eigenvalue weighted by molar-refractivity contribution is 7.10. The van der Waals surface area contributed by atoms with Crippen molar-refractivity contribution in [2.75, 3.05) is 13.2 Å². The van der Waals surface area contributed by atoms with E-state index in [0.29, 0.717) is 6.61 Å². The van der Waals surface area contributed by atoms with Crippen LogP contribution in [0.2, 0.25) is 0 Å². The number of fused-ring (bicyclic) bond motifs is 2. The SMILES string of the molecule is C[C@H](C(=O)N[C@H]1CCOc2ccccc21)N1CCc2sccc2C1. The highest BCUT2D eigenvalue weighted by Crippen LogP contribution is 2.32. The minimum Gasteiger partial charge on any atom is -0.493 e. The summed E-state index contributed by atoms with van der Waals surface area (Å²) in [5, 5.41) is 5.38. The van der Waals surface area contributed by atoms with Crippen molar-refractivity contribution in [3.8, 4) is 5.75 Å². The van der Waals surface area contributed by atoms with Crippen LogP contribution in [0.4, 0.5) is 0 Å². The van der Waals surface area contributed by atoms with Crippen molar-refractivity contribution in [2.45, 2.75) is 38.4 Å². The predicted octanol–water partition coefficient (Wildman–Crippen LogP) is 3.13. The van der Waals surface area contributed by atoms with Crippen molar-refractivity contribution >= 4 is 17.2 Å². The minimum atomic E-state index is -0.118. The quantitative estimate of drug-likeness (QED) is 0.932. The monoisotopic (exact) mass is 342 g/mol. The largest absolute Gasteiger partial charge is 0.493 e. The van der Waals surface area contributed by atoms with Crippen molar-refractivity contribution in [1.29, 1.82) is 0 Å². The van der Waals surface area contributed by atoms with Crippen LogP contribution in [0.15, 0.2) is 35.7 Å². The van der Waals surface area contributed by atoms with E-state index in [-0.39, 0.29) is 18.0 Å². The molecule has 2 atom stereocenters. The van der Waals surface area contributed by atoms with Gasteiger partial charge in [0.05, 0.1) is 18.7 Å². The minimum absolute atomic E-state index is 0.0476. The first kappa shape index (κ1) is 15.7. The molecule has 1 aromatic heterocycles. The van der Waals surface area contributed by atoms with E-state index in [9.17, 15) is 4.79 Å². The molecule has 24 heavy (non-hydrogen) atoms. The molecule has 5 heteroatoms. The number of nitrogens with one attached hydrogen (secondary N) is 1. The van der Waals surface area contributed by atoms with Gasteiger partial charge in [-0.25, -0.2) is 0 Å². The first-order valence-corrected chi connectivity index (χ1v) is 9.42. The van der Waals surface area contributed by atoms with Gasteiger partial charge in [0.15, 0.2) is 0 Å². The summed E-state index contributed by atoms with van der Waals surface area (Å²) in [5.74, 6) is 0.998. The van der Waals surface area contributed by atoms with Gasteiger partial charge in [0.2, 0.25) is 5.91 Å². The molecule has 0 fully saturated rings. The molecule has 2 aliphatic heterocycles. The number of para-hydroxylation sites is 1. The summed E-state index contributed by atoms with van der Waals surface area (Å²) in [6, 6.07) is 10.1. The summed E-state index contributed by atoms with van der Waals surface area (Å²) >= 11 is 1.83. The summed E-state index contributed by atoms with van der Waals surface area (Å²) in [7, 11) is 0. The van der Waals surface area contributed by atoms with Crippen LogP contribution < -0.4 is 10.1 Å². The third-order valence-electron chi connectivity index (χ3n) is 5.04. The summed E-state index contributed by atoms with van der Waals surface area (Å²) in [4.78, 5) is 16.5. The van der Waals surface area contributed by atoms with Crippen LogP contribution in [0, 0.1) is 0 Å². The zero-order valence-electron chi connectivity index (χ0n) is 13.8. The molecular weight excluding hydrogens is 320 g/mol. The van der Waals surface area contributed by atoms with Crippen molar-refractivity contribution < 1.29 is 9.53 Å². The highest BCUT2D eigenvalue weighted by atomic mass is 32.1. The van der Waals surface area contributed by atoms with Gasteiger partial charge in [-0.05, 0) is 36.4 Å². The zero-order chi connectivity index (χ0) is 16.5. The molecule has 0 saturated heterocycles. The fourth-order valence-electron chi connectivity index (χ4n) is 3.55. The van der Waals surface area contributed by atoms with Gasteiger partial charge in [0.25, 0.3) is 0 Å². The van der Waals surface area contributed by atoms with Crippen molar-refractivity contribution in [3.05, 3.63) is 51.7 Å². The van der Waals surface area contributed by atoms with Gasteiger partial charge in [-0.15, -0.1) is 11.3 Å². The normalized spacial score (nSPS) is 21.3. The van der Waals surface area contributed by atoms with E-state index in [1.165, 1.54) is 10.4 Å². The average molecular weight is 342 g/mol. The lowest BCUT2D eigenvalue weighted by Gasteiger charge is -2.33. The zero-order valence-corrected chi connectivity index (χ0v) is 14.6. The molecule has 1 N–H and O–H groups in total. The molecule has 1 aromatic carbocycles. The molecule has 0 unspecified atom stereocenters. The first-order chi connectivity index (χ1) is 11.7. The number of nitrogens with zero attached hydrogens (tertiary/aromatic N) is 1. The molecule has 4 nitrogen and oxygen atoms in total.